The molecule has 1 N–H and O–H groups in total. The van der Waals surface area contributed by atoms with Crippen molar-refractivity contribution >= 4 is 28.7 Å². The lowest BCUT2D eigenvalue weighted by Gasteiger charge is -2.19. The first-order chi connectivity index (χ1) is 9.49. The van der Waals surface area contributed by atoms with Gasteiger partial charge < -0.3 is 10.1 Å². The molecule has 7 heteroatoms. The molecule has 0 aliphatic rings. The Bertz CT molecular complexity index is 304. The Kier molecular flexibility index (Phi) is 9.64. The molecule has 0 bridgehead atoms. The first-order valence-electron chi connectivity index (χ1n) is 7.17. The van der Waals surface area contributed by atoms with Gasteiger partial charge >= 0.3 is 12.3 Å². The van der Waals surface area contributed by atoms with Gasteiger partial charge in [-0.15, -0.1) is 0 Å². The molecule has 0 saturated carbocycles. The number of alkyl halides is 4. The zero-order valence-electron chi connectivity index (χ0n) is 12.9. The van der Waals surface area contributed by atoms with Crippen molar-refractivity contribution < 1.29 is 22.7 Å². The molecule has 0 heterocycles. The van der Waals surface area contributed by atoms with Crippen LogP contribution in [0.4, 0.5) is 18.0 Å². The van der Waals surface area contributed by atoms with Gasteiger partial charge in [0.05, 0.1) is 6.42 Å². The van der Waals surface area contributed by atoms with Crippen LogP contribution in [0.25, 0.3) is 0 Å². The fourth-order valence-electron chi connectivity index (χ4n) is 1.70. The third-order valence-corrected chi connectivity index (χ3v) is 3.63. The van der Waals surface area contributed by atoms with E-state index in [0.717, 1.165) is 25.7 Å². The second kappa shape index (κ2) is 9.74. The van der Waals surface area contributed by atoms with Crippen LogP contribution in [0.1, 0.15) is 59.3 Å². The molecule has 1 atom stereocenters. The molecule has 1 unspecified atom stereocenters. The number of amides is 1. The van der Waals surface area contributed by atoms with Crippen LogP contribution in [0.2, 0.25) is 0 Å². The highest BCUT2D eigenvalue weighted by molar-refractivity contribution is 14.1. The van der Waals surface area contributed by atoms with Gasteiger partial charge in [0, 0.05) is 10.5 Å². The summed E-state index contributed by atoms with van der Waals surface area (Å²) in [7, 11) is 0. The lowest BCUT2D eigenvalue weighted by Crippen LogP contribution is -2.32. The SMILES string of the molecule is CC(C)(C)OC(=O)NCCCCCCC(I)CC(F)(F)F. The molecular weight excluding hydrogens is 398 g/mol. The number of alkyl carbamates (subject to hydrolysis) is 1. The highest BCUT2D eigenvalue weighted by Gasteiger charge is 2.30. The highest BCUT2D eigenvalue weighted by atomic mass is 127. The molecule has 0 aliphatic heterocycles. The summed E-state index contributed by atoms with van der Waals surface area (Å²) >= 11 is 1.86. The standard InChI is InChI=1S/C14H25F3INO2/c1-13(2,3)21-12(20)19-9-7-5-4-6-8-11(18)10-14(15,16)17/h11H,4-10H2,1-3H3,(H,19,20). The van der Waals surface area contributed by atoms with Crippen LogP contribution in [0, 0.1) is 0 Å². The van der Waals surface area contributed by atoms with Crippen molar-refractivity contribution in [2.75, 3.05) is 6.54 Å². The molecule has 0 rings (SSSR count). The van der Waals surface area contributed by atoms with Gasteiger partial charge in [-0.3, -0.25) is 0 Å². The number of hydrogen-bond acceptors (Lipinski definition) is 2. The largest absolute Gasteiger partial charge is 0.444 e. The molecule has 0 radical (unpaired) electrons. The predicted octanol–water partition coefficient (Wildman–Crippen LogP) is 5.22. The van der Waals surface area contributed by atoms with Gasteiger partial charge in [-0.25, -0.2) is 4.79 Å². The minimum atomic E-state index is -4.07. The Morgan fingerprint density at radius 1 is 1.14 bits per heavy atom. The van der Waals surface area contributed by atoms with Crippen LogP contribution in [-0.4, -0.2) is 28.3 Å². The summed E-state index contributed by atoms with van der Waals surface area (Å²) < 4.78 is 41.1. The normalized spacial score (nSPS) is 13.9. The number of carbonyl (C=O) groups excluding carboxylic acids is 1. The van der Waals surface area contributed by atoms with Gasteiger partial charge in [0.2, 0.25) is 0 Å². The van der Waals surface area contributed by atoms with Crippen molar-refractivity contribution in [2.45, 2.75) is 75.0 Å². The van der Waals surface area contributed by atoms with E-state index in [2.05, 4.69) is 5.32 Å². The maximum Gasteiger partial charge on any atom is 0.407 e. The summed E-state index contributed by atoms with van der Waals surface area (Å²) in [5.41, 5.74) is -0.502. The molecule has 0 aromatic rings. The molecule has 0 spiro atoms. The van der Waals surface area contributed by atoms with E-state index >= 15 is 0 Å². The van der Waals surface area contributed by atoms with E-state index in [1.54, 1.807) is 20.8 Å². The van der Waals surface area contributed by atoms with Crippen LogP contribution < -0.4 is 5.32 Å². The van der Waals surface area contributed by atoms with E-state index in [-0.39, 0.29) is 3.92 Å². The van der Waals surface area contributed by atoms with Crippen LogP contribution in [0.3, 0.4) is 0 Å². The average Bonchev–Trinajstić information content (AvgIpc) is 2.22. The quantitative estimate of drug-likeness (QED) is 0.331. The number of rotatable bonds is 8. The number of hydrogen-bond donors (Lipinski definition) is 1. The number of halogens is 4. The van der Waals surface area contributed by atoms with Gasteiger partial charge in [0.25, 0.3) is 0 Å². The van der Waals surface area contributed by atoms with E-state index in [9.17, 15) is 18.0 Å². The summed E-state index contributed by atoms with van der Waals surface area (Å²) in [4.78, 5) is 11.3. The van der Waals surface area contributed by atoms with Crippen molar-refractivity contribution in [3.8, 4) is 0 Å². The van der Waals surface area contributed by atoms with Crippen molar-refractivity contribution in [3.63, 3.8) is 0 Å². The average molecular weight is 423 g/mol. The highest BCUT2D eigenvalue weighted by Crippen LogP contribution is 2.28. The summed E-state index contributed by atoms with van der Waals surface area (Å²) in [6.45, 7) is 5.93. The van der Waals surface area contributed by atoms with Crippen LogP contribution in [-0.2, 0) is 4.74 Å². The van der Waals surface area contributed by atoms with Gasteiger partial charge in [-0.05, 0) is 33.6 Å². The van der Waals surface area contributed by atoms with Crippen molar-refractivity contribution in [3.05, 3.63) is 0 Å². The maximum atomic E-state index is 12.1. The third-order valence-electron chi connectivity index (χ3n) is 2.57. The summed E-state index contributed by atoms with van der Waals surface area (Å²) in [5.74, 6) is 0. The summed E-state index contributed by atoms with van der Waals surface area (Å²) in [6.07, 6.45) is -1.25. The third kappa shape index (κ3) is 16.0. The lowest BCUT2D eigenvalue weighted by molar-refractivity contribution is -0.133. The zero-order valence-corrected chi connectivity index (χ0v) is 15.0. The second-order valence-corrected chi connectivity index (χ2v) is 7.81. The van der Waals surface area contributed by atoms with Crippen LogP contribution in [0.15, 0.2) is 0 Å². The van der Waals surface area contributed by atoms with Gasteiger partial charge in [0.1, 0.15) is 5.60 Å². The van der Waals surface area contributed by atoms with Crippen molar-refractivity contribution in [1.29, 1.82) is 0 Å². The molecule has 0 aliphatic carbocycles. The van der Waals surface area contributed by atoms with Crippen molar-refractivity contribution in [2.24, 2.45) is 0 Å². The predicted molar refractivity (Wildman–Crippen MR) is 85.8 cm³/mol. The Morgan fingerprint density at radius 3 is 2.24 bits per heavy atom. The number of carbonyl (C=O) groups is 1. The van der Waals surface area contributed by atoms with E-state index in [0.29, 0.717) is 13.0 Å². The number of ether oxygens (including phenoxy) is 1. The minimum absolute atomic E-state index is 0.345. The summed E-state index contributed by atoms with van der Waals surface area (Å²) in [6, 6.07) is 0. The Balaban J connectivity index is 3.47. The molecule has 0 fully saturated rings. The maximum absolute atomic E-state index is 12.1. The summed E-state index contributed by atoms with van der Waals surface area (Å²) in [5, 5.41) is 2.66. The van der Waals surface area contributed by atoms with Gasteiger partial charge in [-0.1, -0.05) is 41.9 Å². The second-order valence-electron chi connectivity index (χ2n) is 6.05. The van der Waals surface area contributed by atoms with Crippen LogP contribution >= 0.6 is 22.6 Å². The Morgan fingerprint density at radius 2 is 1.71 bits per heavy atom. The number of nitrogens with one attached hydrogen (secondary N) is 1. The first kappa shape index (κ1) is 20.8. The minimum Gasteiger partial charge on any atom is -0.444 e. The van der Waals surface area contributed by atoms with E-state index in [1.165, 1.54) is 0 Å². The van der Waals surface area contributed by atoms with Crippen molar-refractivity contribution in [1.82, 2.24) is 5.32 Å². The van der Waals surface area contributed by atoms with E-state index in [1.807, 2.05) is 22.6 Å². The van der Waals surface area contributed by atoms with Crippen LogP contribution in [0.5, 0.6) is 0 Å². The molecule has 3 nitrogen and oxygen atoms in total. The molecule has 0 aromatic heterocycles. The topological polar surface area (TPSA) is 38.3 Å². The number of unbranched alkanes of at least 4 members (excludes halogenated alkanes) is 3. The fraction of sp³-hybridized carbons (Fsp3) is 0.929. The molecular formula is C14H25F3INO2. The fourth-order valence-corrected chi connectivity index (χ4v) is 2.64. The van der Waals surface area contributed by atoms with E-state index in [4.69, 9.17) is 4.74 Å². The van der Waals surface area contributed by atoms with Gasteiger partial charge in [-0.2, -0.15) is 13.2 Å². The molecule has 126 valence electrons. The molecule has 1 amide bonds. The first-order valence-corrected chi connectivity index (χ1v) is 8.42. The molecule has 0 saturated heterocycles. The molecule has 0 aromatic carbocycles. The van der Waals surface area contributed by atoms with Gasteiger partial charge in [0.15, 0.2) is 0 Å². The Labute approximate surface area is 138 Å². The molecule has 21 heavy (non-hydrogen) atoms. The lowest BCUT2D eigenvalue weighted by atomic mass is 10.1. The smallest absolute Gasteiger partial charge is 0.407 e. The zero-order chi connectivity index (χ0) is 16.5. The van der Waals surface area contributed by atoms with E-state index < -0.39 is 24.3 Å². The Hall–Kier alpha value is -0.210. The monoisotopic (exact) mass is 423 g/mol.